The largest absolute Gasteiger partial charge is 0.452 e. The third kappa shape index (κ3) is 3.59. The molecule has 0 saturated heterocycles. The van der Waals surface area contributed by atoms with Crippen LogP contribution in [0.15, 0.2) is 23.1 Å². The van der Waals surface area contributed by atoms with Crippen molar-refractivity contribution in [1.29, 1.82) is 0 Å². The van der Waals surface area contributed by atoms with E-state index in [0.717, 1.165) is 18.4 Å². The molecule has 0 bridgehead atoms. The highest BCUT2D eigenvalue weighted by Crippen LogP contribution is 2.30. The van der Waals surface area contributed by atoms with Gasteiger partial charge in [0.1, 0.15) is 0 Å². The molecule has 7 heteroatoms. The van der Waals surface area contributed by atoms with Crippen molar-refractivity contribution >= 4 is 21.8 Å². The SMILES string of the molecule is COC(=O)N1CCCc2cc(S(=O)(=O)NC(C)(C)C)ccc21. The van der Waals surface area contributed by atoms with Crippen molar-refractivity contribution < 1.29 is 17.9 Å². The number of carbonyl (C=O) groups is 1. The fourth-order valence-corrected chi connectivity index (χ4v) is 3.97. The Kier molecular flexibility index (Phi) is 4.49. The highest BCUT2D eigenvalue weighted by Gasteiger charge is 2.27. The standard InChI is InChI=1S/C15H22N2O4S/c1-15(2,3)16-22(19,20)12-7-8-13-11(10-12)6-5-9-17(13)14(18)21-4/h7-8,10,16H,5-6,9H2,1-4H3. The lowest BCUT2D eigenvalue weighted by atomic mass is 10.0. The highest BCUT2D eigenvalue weighted by molar-refractivity contribution is 7.89. The molecular weight excluding hydrogens is 304 g/mol. The summed E-state index contributed by atoms with van der Waals surface area (Å²) < 4.78 is 32.2. The van der Waals surface area contributed by atoms with E-state index < -0.39 is 21.7 Å². The van der Waals surface area contributed by atoms with Gasteiger partial charge in [0, 0.05) is 12.1 Å². The molecular formula is C15H22N2O4S. The molecule has 1 aromatic carbocycles. The van der Waals surface area contributed by atoms with Crippen molar-refractivity contribution in [3.8, 4) is 0 Å². The minimum atomic E-state index is -3.58. The predicted octanol–water partition coefficient (Wildman–Crippen LogP) is 2.28. The predicted molar refractivity (Wildman–Crippen MR) is 84.6 cm³/mol. The van der Waals surface area contributed by atoms with Crippen LogP contribution in [0.4, 0.5) is 10.5 Å². The molecule has 0 aliphatic carbocycles. The van der Waals surface area contributed by atoms with Crippen molar-refractivity contribution in [1.82, 2.24) is 4.72 Å². The van der Waals surface area contributed by atoms with Crippen LogP contribution in [0.25, 0.3) is 0 Å². The number of nitrogens with zero attached hydrogens (tertiary/aromatic N) is 1. The Morgan fingerprint density at radius 2 is 2.00 bits per heavy atom. The Morgan fingerprint density at radius 1 is 1.32 bits per heavy atom. The number of carbonyl (C=O) groups excluding carboxylic acids is 1. The van der Waals surface area contributed by atoms with Crippen molar-refractivity contribution in [3.05, 3.63) is 23.8 Å². The van der Waals surface area contributed by atoms with Gasteiger partial charge in [0.25, 0.3) is 0 Å². The second-order valence-electron chi connectivity index (χ2n) is 6.37. The normalized spacial score (nSPS) is 15.4. The van der Waals surface area contributed by atoms with E-state index in [9.17, 15) is 13.2 Å². The number of methoxy groups -OCH3 is 1. The summed E-state index contributed by atoms with van der Waals surface area (Å²) in [6.07, 6.45) is 1.09. The number of hydrogen-bond donors (Lipinski definition) is 1. The molecule has 2 rings (SSSR count). The monoisotopic (exact) mass is 326 g/mol. The summed E-state index contributed by atoms with van der Waals surface area (Å²) in [6.45, 7) is 5.96. The molecule has 0 spiro atoms. The van der Waals surface area contributed by atoms with Crippen LogP contribution in [-0.4, -0.2) is 33.7 Å². The lowest BCUT2D eigenvalue weighted by Gasteiger charge is -2.29. The van der Waals surface area contributed by atoms with E-state index in [1.54, 1.807) is 32.9 Å². The molecule has 1 heterocycles. The molecule has 1 aliphatic rings. The van der Waals surface area contributed by atoms with Gasteiger partial charge in [-0.15, -0.1) is 0 Å². The van der Waals surface area contributed by atoms with E-state index in [1.165, 1.54) is 18.1 Å². The summed E-state index contributed by atoms with van der Waals surface area (Å²) in [5.74, 6) is 0. The third-order valence-corrected chi connectivity index (χ3v) is 5.07. The Balaban J connectivity index is 2.38. The van der Waals surface area contributed by atoms with Gasteiger partial charge in [-0.25, -0.2) is 17.9 Å². The van der Waals surface area contributed by atoms with E-state index >= 15 is 0 Å². The lowest BCUT2D eigenvalue weighted by Crippen LogP contribution is -2.40. The van der Waals surface area contributed by atoms with Crippen molar-refractivity contribution in [2.24, 2.45) is 0 Å². The summed E-state index contributed by atoms with van der Waals surface area (Å²) in [6, 6.07) is 4.83. The molecule has 0 saturated carbocycles. The first-order valence-corrected chi connectivity index (χ1v) is 8.65. The Hall–Kier alpha value is -1.60. The summed E-state index contributed by atoms with van der Waals surface area (Å²) in [4.78, 5) is 13.5. The van der Waals surface area contributed by atoms with E-state index in [1.807, 2.05) is 0 Å². The minimum absolute atomic E-state index is 0.216. The van der Waals surface area contributed by atoms with Crippen molar-refractivity contribution in [2.75, 3.05) is 18.6 Å². The summed E-state index contributed by atoms with van der Waals surface area (Å²) in [5, 5.41) is 0. The topological polar surface area (TPSA) is 75.7 Å². The minimum Gasteiger partial charge on any atom is -0.452 e. The number of nitrogens with one attached hydrogen (secondary N) is 1. The Bertz CT molecular complexity index is 677. The molecule has 1 N–H and O–H groups in total. The van der Waals surface area contributed by atoms with Gasteiger partial charge in [0.05, 0.1) is 17.7 Å². The van der Waals surface area contributed by atoms with Crippen LogP contribution in [0.2, 0.25) is 0 Å². The van der Waals surface area contributed by atoms with Gasteiger partial charge in [0.2, 0.25) is 10.0 Å². The van der Waals surface area contributed by atoms with E-state index in [0.29, 0.717) is 12.2 Å². The molecule has 0 unspecified atom stereocenters. The molecule has 6 nitrogen and oxygen atoms in total. The number of ether oxygens (including phenoxy) is 1. The number of rotatable bonds is 2. The summed E-state index contributed by atoms with van der Waals surface area (Å²) in [5.41, 5.74) is 1.01. The van der Waals surface area contributed by atoms with E-state index in [2.05, 4.69) is 4.72 Å². The van der Waals surface area contributed by atoms with Crippen LogP contribution in [0.5, 0.6) is 0 Å². The maximum atomic E-state index is 12.4. The third-order valence-electron chi connectivity index (χ3n) is 3.32. The molecule has 1 aliphatic heterocycles. The first-order valence-electron chi connectivity index (χ1n) is 7.16. The summed E-state index contributed by atoms with van der Waals surface area (Å²) >= 11 is 0. The van der Waals surface area contributed by atoms with E-state index in [4.69, 9.17) is 4.74 Å². The van der Waals surface area contributed by atoms with E-state index in [-0.39, 0.29) is 4.90 Å². The second kappa shape index (κ2) is 5.89. The average Bonchev–Trinajstić information content (AvgIpc) is 2.42. The molecule has 122 valence electrons. The van der Waals surface area contributed by atoms with Gasteiger partial charge >= 0.3 is 6.09 Å². The number of sulfonamides is 1. The molecule has 0 fully saturated rings. The maximum absolute atomic E-state index is 12.4. The zero-order chi connectivity index (χ0) is 16.5. The van der Waals surface area contributed by atoms with Crippen LogP contribution in [0.3, 0.4) is 0 Å². The van der Waals surface area contributed by atoms with Gasteiger partial charge in [-0.1, -0.05) is 0 Å². The quantitative estimate of drug-likeness (QED) is 0.904. The number of amides is 1. The van der Waals surface area contributed by atoms with Crippen molar-refractivity contribution in [2.45, 2.75) is 44.0 Å². The zero-order valence-electron chi connectivity index (χ0n) is 13.3. The van der Waals surface area contributed by atoms with Crippen LogP contribution < -0.4 is 9.62 Å². The molecule has 1 aromatic rings. The molecule has 0 atom stereocenters. The fraction of sp³-hybridized carbons (Fsp3) is 0.533. The number of anilines is 1. The molecule has 0 aromatic heterocycles. The van der Waals surface area contributed by atoms with Crippen LogP contribution in [-0.2, 0) is 21.2 Å². The average molecular weight is 326 g/mol. The summed E-state index contributed by atoms with van der Waals surface area (Å²) in [7, 11) is -2.24. The van der Waals surface area contributed by atoms with Crippen LogP contribution in [0, 0.1) is 0 Å². The number of hydrogen-bond acceptors (Lipinski definition) is 4. The highest BCUT2D eigenvalue weighted by atomic mass is 32.2. The van der Waals surface area contributed by atoms with Crippen LogP contribution >= 0.6 is 0 Å². The molecule has 1 amide bonds. The van der Waals surface area contributed by atoms with Crippen LogP contribution in [0.1, 0.15) is 32.8 Å². The number of aryl methyl sites for hydroxylation is 1. The van der Waals surface area contributed by atoms with Gasteiger partial charge in [0.15, 0.2) is 0 Å². The Morgan fingerprint density at radius 3 is 2.59 bits per heavy atom. The first-order chi connectivity index (χ1) is 10.1. The second-order valence-corrected chi connectivity index (χ2v) is 8.05. The maximum Gasteiger partial charge on any atom is 0.414 e. The van der Waals surface area contributed by atoms with Crippen molar-refractivity contribution in [3.63, 3.8) is 0 Å². The Labute approximate surface area is 131 Å². The zero-order valence-corrected chi connectivity index (χ0v) is 14.2. The molecule has 22 heavy (non-hydrogen) atoms. The first kappa shape index (κ1) is 16.8. The molecule has 0 radical (unpaired) electrons. The lowest BCUT2D eigenvalue weighted by molar-refractivity contribution is 0.178. The van der Waals surface area contributed by atoms with Gasteiger partial charge < -0.3 is 4.74 Å². The smallest absolute Gasteiger partial charge is 0.414 e. The fourth-order valence-electron chi connectivity index (χ4n) is 2.50. The van der Waals surface area contributed by atoms with Gasteiger partial charge in [-0.05, 0) is 57.4 Å². The number of benzene rings is 1. The van der Waals surface area contributed by atoms with Gasteiger partial charge in [-0.2, -0.15) is 0 Å². The number of fused-ring (bicyclic) bond motifs is 1. The van der Waals surface area contributed by atoms with Gasteiger partial charge in [-0.3, -0.25) is 4.90 Å².